The Morgan fingerprint density at radius 2 is 1.80 bits per heavy atom. The highest BCUT2D eigenvalue weighted by Crippen LogP contribution is 2.15. The fraction of sp³-hybridized carbons (Fsp3) is 0.538. The molecule has 0 amide bonds. The highest BCUT2D eigenvalue weighted by Gasteiger charge is 2.14. The lowest BCUT2D eigenvalue weighted by atomic mass is 10.2. The Morgan fingerprint density at radius 1 is 1.07 bits per heavy atom. The molecule has 1 aliphatic heterocycles. The molecule has 0 aromatic carbocycles. The third-order valence-electron chi connectivity index (χ3n) is 3.14. The van der Waals surface area contributed by atoms with Crippen molar-refractivity contribution in [2.45, 2.75) is 13.3 Å². The van der Waals surface area contributed by atoms with Crippen LogP contribution in [0.1, 0.15) is 13.3 Å². The third kappa shape index (κ3) is 2.72. The number of hydrogen-bond donors (Lipinski definition) is 0. The molecule has 0 aromatic rings. The smallest absolute Gasteiger partial charge is 0.0363 e. The van der Waals surface area contributed by atoms with Gasteiger partial charge in [0.1, 0.15) is 0 Å². The molecular formula is C13H20N2. The van der Waals surface area contributed by atoms with Gasteiger partial charge < -0.3 is 9.80 Å². The van der Waals surface area contributed by atoms with E-state index in [0.29, 0.717) is 0 Å². The molecule has 0 saturated carbocycles. The summed E-state index contributed by atoms with van der Waals surface area (Å²) < 4.78 is 0. The molecule has 0 radical (unpaired) electrons. The summed E-state index contributed by atoms with van der Waals surface area (Å²) in [6.07, 6.45) is 10.1. The molecule has 2 heteroatoms. The highest BCUT2D eigenvalue weighted by atomic mass is 15.2. The summed E-state index contributed by atoms with van der Waals surface area (Å²) in [5.74, 6) is 0. The Bertz CT molecular complexity index is 304. The molecule has 1 heterocycles. The summed E-state index contributed by atoms with van der Waals surface area (Å²) in [5.41, 5.74) is 2.82. The summed E-state index contributed by atoms with van der Waals surface area (Å²) >= 11 is 0. The second-order valence-electron chi connectivity index (χ2n) is 4.50. The Kier molecular flexibility index (Phi) is 3.27. The zero-order valence-electron chi connectivity index (χ0n) is 9.74. The minimum absolute atomic E-state index is 1.09. The predicted molar refractivity (Wildman–Crippen MR) is 64.7 cm³/mol. The van der Waals surface area contributed by atoms with Crippen molar-refractivity contribution in [3.63, 3.8) is 0 Å². The average Bonchev–Trinajstić information content (AvgIpc) is 2.44. The molecule has 2 rings (SSSR count). The van der Waals surface area contributed by atoms with E-state index in [1.807, 2.05) is 0 Å². The van der Waals surface area contributed by atoms with E-state index in [9.17, 15) is 0 Å². The SMILES string of the molecule is CC1=CC=C(N2CCN(C)CC2)C=CC1. The molecule has 1 fully saturated rings. The molecule has 0 atom stereocenters. The van der Waals surface area contributed by atoms with E-state index >= 15 is 0 Å². The second-order valence-corrected chi connectivity index (χ2v) is 4.50. The van der Waals surface area contributed by atoms with Crippen molar-refractivity contribution < 1.29 is 0 Å². The fourth-order valence-corrected chi connectivity index (χ4v) is 1.99. The van der Waals surface area contributed by atoms with Gasteiger partial charge in [0.2, 0.25) is 0 Å². The Labute approximate surface area is 92.6 Å². The molecule has 2 nitrogen and oxygen atoms in total. The van der Waals surface area contributed by atoms with Gasteiger partial charge in [-0.1, -0.05) is 17.7 Å². The number of rotatable bonds is 1. The van der Waals surface area contributed by atoms with E-state index in [1.54, 1.807) is 0 Å². The normalized spacial score (nSPS) is 23.5. The van der Waals surface area contributed by atoms with Crippen LogP contribution in [-0.4, -0.2) is 43.0 Å². The van der Waals surface area contributed by atoms with Crippen molar-refractivity contribution in [3.05, 3.63) is 35.6 Å². The van der Waals surface area contributed by atoms with Crippen LogP contribution in [0, 0.1) is 0 Å². The lowest BCUT2D eigenvalue weighted by molar-refractivity contribution is 0.190. The predicted octanol–water partition coefficient (Wildman–Crippen LogP) is 2.02. The summed E-state index contributed by atoms with van der Waals surface area (Å²) in [6, 6.07) is 0. The van der Waals surface area contributed by atoms with Crippen molar-refractivity contribution in [3.8, 4) is 0 Å². The van der Waals surface area contributed by atoms with Crippen LogP contribution in [0.25, 0.3) is 0 Å². The average molecular weight is 204 g/mol. The van der Waals surface area contributed by atoms with Gasteiger partial charge in [0.25, 0.3) is 0 Å². The third-order valence-corrected chi connectivity index (χ3v) is 3.14. The van der Waals surface area contributed by atoms with Crippen molar-refractivity contribution >= 4 is 0 Å². The lowest BCUT2D eigenvalue weighted by Gasteiger charge is -2.34. The largest absolute Gasteiger partial charge is 0.369 e. The molecular weight excluding hydrogens is 184 g/mol. The number of nitrogens with zero attached hydrogens (tertiary/aromatic N) is 2. The molecule has 0 spiro atoms. The van der Waals surface area contributed by atoms with Gasteiger partial charge in [-0.25, -0.2) is 0 Å². The van der Waals surface area contributed by atoms with Crippen LogP contribution in [0.5, 0.6) is 0 Å². The quantitative estimate of drug-likeness (QED) is 0.645. The summed E-state index contributed by atoms with van der Waals surface area (Å²) in [6.45, 7) is 6.84. The van der Waals surface area contributed by atoms with E-state index in [-0.39, 0.29) is 0 Å². The van der Waals surface area contributed by atoms with Crippen LogP contribution in [0.3, 0.4) is 0 Å². The fourth-order valence-electron chi connectivity index (χ4n) is 1.99. The van der Waals surface area contributed by atoms with Crippen LogP contribution in [0.15, 0.2) is 35.6 Å². The minimum atomic E-state index is 1.09. The molecule has 1 aliphatic carbocycles. The monoisotopic (exact) mass is 204 g/mol. The first-order valence-corrected chi connectivity index (χ1v) is 5.73. The first-order chi connectivity index (χ1) is 7.25. The van der Waals surface area contributed by atoms with Gasteiger partial charge in [0.15, 0.2) is 0 Å². The van der Waals surface area contributed by atoms with Crippen molar-refractivity contribution in [1.29, 1.82) is 0 Å². The van der Waals surface area contributed by atoms with Gasteiger partial charge in [-0.3, -0.25) is 0 Å². The Morgan fingerprint density at radius 3 is 2.53 bits per heavy atom. The molecule has 2 aliphatic rings. The second kappa shape index (κ2) is 4.67. The first kappa shape index (κ1) is 10.5. The minimum Gasteiger partial charge on any atom is -0.369 e. The Balaban J connectivity index is 2.04. The summed E-state index contributed by atoms with van der Waals surface area (Å²) in [5, 5.41) is 0. The van der Waals surface area contributed by atoms with E-state index < -0.39 is 0 Å². The molecule has 82 valence electrons. The van der Waals surface area contributed by atoms with Gasteiger partial charge in [-0.15, -0.1) is 0 Å². The maximum atomic E-state index is 2.48. The molecule has 0 N–H and O–H groups in total. The van der Waals surface area contributed by atoms with Crippen LogP contribution in [-0.2, 0) is 0 Å². The van der Waals surface area contributed by atoms with Gasteiger partial charge in [-0.2, -0.15) is 0 Å². The zero-order valence-corrected chi connectivity index (χ0v) is 9.74. The van der Waals surface area contributed by atoms with E-state index in [2.05, 4.69) is 48.1 Å². The van der Waals surface area contributed by atoms with Crippen molar-refractivity contribution in [2.24, 2.45) is 0 Å². The van der Waals surface area contributed by atoms with Crippen LogP contribution < -0.4 is 0 Å². The van der Waals surface area contributed by atoms with E-state index in [4.69, 9.17) is 0 Å². The van der Waals surface area contributed by atoms with Crippen LogP contribution in [0.2, 0.25) is 0 Å². The number of allylic oxidation sites excluding steroid dienone is 5. The summed E-state index contributed by atoms with van der Waals surface area (Å²) in [7, 11) is 2.19. The standard InChI is InChI=1S/C13H20N2/c1-12-4-3-5-13(7-6-12)15-10-8-14(2)9-11-15/h3,5-7H,4,8-11H2,1-2H3. The zero-order chi connectivity index (χ0) is 10.7. The maximum Gasteiger partial charge on any atom is 0.0363 e. The molecule has 15 heavy (non-hydrogen) atoms. The van der Waals surface area contributed by atoms with Crippen molar-refractivity contribution in [2.75, 3.05) is 33.2 Å². The number of hydrogen-bond acceptors (Lipinski definition) is 2. The molecule has 0 aromatic heterocycles. The first-order valence-electron chi connectivity index (χ1n) is 5.73. The van der Waals surface area contributed by atoms with Gasteiger partial charge >= 0.3 is 0 Å². The molecule has 0 bridgehead atoms. The number of piperazine rings is 1. The Hall–Kier alpha value is -1.02. The van der Waals surface area contributed by atoms with Crippen molar-refractivity contribution in [1.82, 2.24) is 9.80 Å². The molecule has 0 unspecified atom stereocenters. The van der Waals surface area contributed by atoms with Gasteiger partial charge in [0, 0.05) is 31.9 Å². The summed E-state index contributed by atoms with van der Waals surface area (Å²) in [4.78, 5) is 4.87. The topological polar surface area (TPSA) is 6.48 Å². The molecule has 1 saturated heterocycles. The highest BCUT2D eigenvalue weighted by molar-refractivity contribution is 5.29. The van der Waals surface area contributed by atoms with Crippen LogP contribution >= 0.6 is 0 Å². The maximum absolute atomic E-state index is 2.48. The van der Waals surface area contributed by atoms with E-state index in [0.717, 1.165) is 19.5 Å². The van der Waals surface area contributed by atoms with Gasteiger partial charge in [0.05, 0.1) is 0 Å². The van der Waals surface area contributed by atoms with Gasteiger partial charge in [-0.05, 0) is 32.5 Å². The van der Waals surface area contributed by atoms with Crippen LogP contribution in [0.4, 0.5) is 0 Å². The number of likely N-dealkylation sites (N-methyl/N-ethyl adjacent to an activating group) is 1. The lowest BCUT2D eigenvalue weighted by Crippen LogP contribution is -2.43. The van der Waals surface area contributed by atoms with E-state index in [1.165, 1.54) is 24.4 Å².